The second kappa shape index (κ2) is 13.2. The van der Waals surface area contributed by atoms with E-state index in [0.29, 0.717) is 31.9 Å². The number of aromatic carboxylic acids is 1. The summed E-state index contributed by atoms with van der Waals surface area (Å²) in [7, 11) is 0. The molecule has 3 aromatic rings. The zero-order chi connectivity index (χ0) is 28.5. The van der Waals surface area contributed by atoms with E-state index in [1.165, 1.54) is 18.2 Å². The minimum atomic E-state index is -1.21. The van der Waals surface area contributed by atoms with Crippen molar-refractivity contribution < 1.29 is 38.9 Å². The normalized spacial score (nSPS) is 18.9. The van der Waals surface area contributed by atoms with Crippen LogP contribution < -0.4 is 20.1 Å². The highest BCUT2D eigenvalue weighted by Crippen LogP contribution is 2.23. The number of carbonyl (C=O) groups is 4. The van der Waals surface area contributed by atoms with Crippen LogP contribution in [0.1, 0.15) is 31.8 Å². The van der Waals surface area contributed by atoms with Gasteiger partial charge in [-0.05, 0) is 47.5 Å². The van der Waals surface area contributed by atoms with E-state index in [2.05, 4.69) is 20.5 Å². The van der Waals surface area contributed by atoms with E-state index in [9.17, 15) is 19.5 Å². The van der Waals surface area contributed by atoms with Gasteiger partial charge in [0, 0.05) is 44.1 Å². The molecule has 12 nitrogen and oxygen atoms in total. The minimum absolute atomic E-state index is 0.115. The average Bonchev–Trinajstić information content (AvgIpc) is 3.31. The molecule has 3 aliphatic rings. The van der Waals surface area contributed by atoms with Crippen molar-refractivity contribution in [2.24, 2.45) is 0 Å². The molecule has 2 atom stereocenters. The fourth-order valence-corrected chi connectivity index (χ4v) is 4.44. The van der Waals surface area contributed by atoms with Gasteiger partial charge >= 0.3 is 5.97 Å². The molecule has 4 N–H and O–H groups in total. The van der Waals surface area contributed by atoms with Crippen LogP contribution in [-0.4, -0.2) is 76.2 Å². The first-order valence-corrected chi connectivity index (χ1v) is 12.4. The highest BCUT2D eigenvalue weighted by atomic mass is 16.5. The first kappa shape index (κ1) is 28.0. The molecule has 2 amide bonds. The largest absolute Gasteiger partial charge is 0.487 e. The van der Waals surface area contributed by atoms with Crippen molar-refractivity contribution in [3.8, 4) is 11.5 Å². The van der Waals surface area contributed by atoms with E-state index in [0.717, 1.165) is 11.1 Å². The van der Waals surface area contributed by atoms with Crippen LogP contribution >= 0.6 is 0 Å². The van der Waals surface area contributed by atoms with Gasteiger partial charge in [-0.15, -0.1) is 0 Å². The summed E-state index contributed by atoms with van der Waals surface area (Å²) in [6.45, 7) is 1.48. The summed E-state index contributed by atoms with van der Waals surface area (Å²) in [5.74, 6) is -1.28. The van der Waals surface area contributed by atoms with E-state index in [1.807, 2.05) is 42.6 Å². The topological polar surface area (TPSA) is 167 Å². The summed E-state index contributed by atoms with van der Waals surface area (Å²) in [4.78, 5) is 51.9. The van der Waals surface area contributed by atoms with E-state index in [-0.39, 0.29) is 48.0 Å². The second-order valence-corrected chi connectivity index (χ2v) is 9.16. The number of aromatic nitrogens is 1. The fourth-order valence-electron chi connectivity index (χ4n) is 4.44. The number of amides is 2. The van der Waals surface area contributed by atoms with Crippen molar-refractivity contribution in [1.29, 1.82) is 0 Å². The number of carboxylic acids is 1. The van der Waals surface area contributed by atoms with Gasteiger partial charge in [-0.1, -0.05) is 18.2 Å². The van der Waals surface area contributed by atoms with Crippen LogP contribution in [0.15, 0.2) is 67.0 Å². The summed E-state index contributed by atoms with van der Waals surface area (Å²) in [5, 5.41) is 22.2. The maximum Gasteiger partial charge on any atom is 0.335 e. The molecule has 6 rings (SSSR count). The first-order chi connectivity index (χ1) is 19.3. The molecule has 1 saturated heterocycles. The monoisotopic (exact) mass is 548 g/mol. The van der Waals surface area contributed by atoms with E-state index >= 15 is 0 Å². The van der Waals surface area contributed by atoms with E-state index in [4.69, 9.17) is 19.4 Å². The predicted molar refractivity (Wildman–Crippen MR) is 141 cm³/mol. The molecular weight excluding hydrogens is 520 g/mol. The summed E-state index contributed by atoms with van der Waals surface area (Å²) in [6.07, 6.45) is 3.18. The number of likely N-dealkylation sites (tertiary alicyclic amines) is 1. The number of benzene rings is 2. The molecule has 12 heteroatoms. The molecule has 0 saturated carbocycles. The molecule has 40 heavy (non-hydrogen) atoms. The molecule has 1 fully saturated rings. The van der Waals surface area contributed by atoms with Crippen molar-refractivity contribution in [3.05, 3.63) is 89.2 Å². The van der Waals surface area contributed by atoms with Gasteiger partial charge in [0.1, 0.15) is 17.6 Å². The molecule has 1 aromatic heterocycles. The summed E-state index contributed by atoms with van der Waals surface area (Å²) < 4.78 is 11.8. The zero-order valence-corrected chi connectivity index (χ0v) is 21.4. The molecule has 208 valence electrons. The Labute approximate surface area is 229 Å². The number of hydrogen-bond donors (Lipinski definition) is 4. The quantitative estimate of drug-likeness (QED) is 0.353. The van der Waals surface area contributed by atoms with E-state index < -0.39 is 11.9 Å². The number of hydrogen-bond acceptors (Lipinski definition) is 8. The van der Waals surface area contributed by atoms with Crippen LogP contribution in [0.5, 0.6) is 11.5 Å². The zero-order valence-electron chi connectivity index (χ0n) is 21.4. The van der Waals surface area contributed by atoms with Gasteiger partial charge in [-0.2, -0.15) is 0 Å². The Morgan fingerprint density at radius 1 is 1.10 bits per heavy atom. The predicted octanol–water partition coefficient (Wildman–Crippen LogP) is 1.55. The van der Waals surface area contributed by atoms with Crippen molar-refractivity contribution in [1.82, 2.24) is 20.5 Å². The van der Waals surface area contributed by atoms with Crippen LogP contribution in [0.4, 0.5) is 0 Å². The van der Waals surface area contributed by atoms with Crippen molar-refractivity contribution in [3.63, 3.8) is 0 Å². The number of carboxylic acid groups (broad SMARTS) is 2. The standard InChI is InChI=1S/C27H26N4O6.CH2O2/c32-25-16-36-22-9-19(8-20(10-22)27(34)35)26(33)30-23-14-31(13-18-2-1-7-28-11-18)15-24(23)37-21-5-3-17(4-6-21)12-29-25;2-1-3/h1-11,23-24H,12-16H2,(H,29,32)(H,30,33)(H,34,35);1H,(H,2,3)/t23-,24-;/m0./s1. The Morgan fingerprint density at radius 3 is 2.58 bits per heavy atom. The molecular formula is C28H28N4O8. The average molecular weight is 549 g/mol. The lowest BCUT2D eigenvalue weighted by molar-refractivity contribution is -0.123. The van der Waals surface area contributed by atoms with E-state index in [1.54, 1.807) is 6.20 Å². The van der Waals surface area contributed by atoms with Gasteiger partial charge < -0.3 is 30.3 Å². The first-order valence-electron chi connectivity index (χ1n) is 12.4. The molecule has 4 bridgehead atoms. The minimum Gasteiger partial charge on any atom is -0.487 e. The Morgan fingerprint density at radius 2 is 1.88 bits per heavy atom. The maximum absolute atomic E-state index is 13.3. The molecule has 3 aliphatic heterocycles. The second-order valence-electron chi connectivity index (χ2n) is 9.16. The Hall–Kier alpha value is -4.97. The van der Waals surface area contributed by atoms with Crippen LogP contribution in [0, 0.1) is 0 Å². The van der Waals surface area contributed by atoms with Crippen molar-refractivity contribution in [2.75, 3.05) is 19.7 Å². The van der Waals surface area contributed by atoms with Crippen LogP contribution in [0.3, 0.4) is 0 Å². The Bertz CT molecular complexity index is 1350. The number of fused-ring (bicyclic) bond motifs is 7. The molecule has 0 aliphatic carbocycles. The third-order valence-corrected chi connectivity index (χ3v) is 6.27. The molecule has 0 unspecified atom stereocenters. The maximum atomic E-state index is 13.3. The third-order valence-electron chi connectivity index (χ3n) is 6.27. The molecule has 4 heterocycles. The number of nitrogens with one attached hydrogen (secondary N) is 2. The highest BCUT2D eigenvalue weighted by molar-refractivity contribution is 5.98. The summed E-state index contributed by atoms with van der Waals surface area (Å²) in [5.41, 5.74) is 1.93. The van der Waals surface area contributed by atoms with Crippen LogP contribution in [-0.2, 0) is 22.7 Å². The Balaban J connectivity index is 0.00000118. The van der Waals surface area contributed by atoms with Crippen LogP contribution in [0.2, 0.25) is 0 Å². The van der Waals surface area contributed by atoms with Gasteiger partial charge in [0.2, 0.25) is 0 Å². The summed E-state index contributed by atoms with van der Waals surface area (Å²) >= 11 is 0. The lowest BCUT2D eigenvalue weighted by Crippen LogP contribution is -2.45. The lowest BCUT2D eigenvalue weighted by Gasteiger charge is -2.21. The molecule has 0 radical (unpaired) electrons. The van der Waals surface area contributed by atoms with Crippen LogP contribution in [0.25, 0.3) is 0 Å². The third kappa shape index (κ3) is 7.54. The lowest BCUT2D eigenvalue weighted by atomic mass is 10.1. The SMILES string of the molecule is O=C1COc2cc(C(=O)O)cc(c2)C(=O)N[C@H]2CN(Cc3cccnc3)C[C@@H]2Oc2ccc(cc2)CN1.O=CO. The van der Waals surface area contributed by atoms with Gasteiger partial charge in [0.15, 0.2) is 6.61 Å². The number of pyridine rings is 1. The summed E-state index contributed by atoms with van der Waals surface area (Å²) in [6, 6.07) is 14.9. The van der Waals surface area contributed by atoms with Crippen molar-refractivity contribution in [2.45, 2.75) is 25.2 Å². The molecule has 2 aromatic carbocycles. The fraction of sp³-hybridized carbons (Fsp3) is 0.250. The van der Waals surface area contributed by atoms with Gasteiger partial charge in [-0.3, -0.25) is 24.3 Å². The molecule has 0 spiro atoms. The smallest absolute Gasteiger partial charge is 0.335 e. The van der Waals surface area contributed by atoms with Gasteiger partial charge in [-0.25, -0.2) is 4.79 Å². The highest BCUT2D eigenvalue weighted by Gasteiger charge is 2.36. The van der Waals surface area contributed by atoms with Crippen molar-refractivity contribution >= 4 is 24.3 Å². The number of ether oxygens (including phenoxy) is 2. The number of rotatable bonds is 3. The number of carbonyl (C=O) groups excluding carboxylic acids is 2. The van der Waals surface area contributed by atoms with Gasteiger partial charge in [0.25, 0.3) is 18.3 Å². The Kier molecular flexibility index (Phi) is 9.26. The number of nitrogens with zero attached hydrogens (tertiary/aromatic N) is 2. The van der Waals surface area contributed by atoms with Gasteiger partial charge in [0.05, 0.1) is 11.6 Å².